The monoisotopic (exact) mass is 568 g/mol. The molecular weight excluding hydrogens is 524 g/mol. The molecule has 2 N–H and O–H groups in total. The Kier molecular flexibility index (Phi) is 15.9. The Morgan fingerprint density at radius 1 is 0.861 bits per heavy atom. The summed E-state index contributed by atoms with van der Waals surface area (Å²) in [5.41, 5.74) is 0.897. The summed E-state index contributed by atoms with van der Waals surface area (Å²) >= 11 is 3.40. The van der Waals surface area contributed by atoms with E-state index in [4.69, 9.17) is 14.2 Å². The van der Waals surface area contributed by atoms with Gasteiger partial charge in [-0.3, -0.25) is 0 Å². The zero-order valence-corrected chi connectivity index (χ0v) is 23.5. The lowest BCUT2D eigenvalue weighted by Crippen LogP contribution is -2.32. The smallest absolute Gasteiger partial charge is 0.378 e. The number of benzene rings is 1. The average Bonchev–Trinajstić information content (AvgIpc) is 3.20. The number of aliphatic hydroxyl groups is 2. The van der Waals surface area contributed by atoms with Crippen molar-refractivity contribution in [1.29, 1.82) is 0 Å². The number of ether oxygens (including phenoxy) is 3. The molecule has 0 spiro atoms. The Hall–Kier alpha value is -1.57. The summed E-state index contributed by atoms with van der Waals surface area (Å²) in [5.74, 6) is -0.516. The predicted octanol–water partition coefficient (Wildman–Crippen LogP) is 6.95. The highest BCUT2D eigenvalue weighted by Crippen LogP contribution is 2.28. The zero-order chi connectivity index (χ0) is 26.0. The van der Waals surface area contributed by atoms with Crippen LogP contribution in [-0.2, 0) is 25.6 Å². The number of aliphatic hydroxyl groups excluding tert-OH is 2. The SMILES string of the molecule is CCCCCCCCCCCCCCCCOC1=C(OCc2ccc(Br)cc2)[C@@H]([C@@H](O)CO)OC1=O. The van der Waals surface area contributed by atoms with Gasteiger partial charge in [0.2, 0.25) is 5.76 Å². The normalized spacial score (nSPS) is 16.3. The number of hydrogen-bond donors (Lipinski definition) is 2. The first kappa shape index (κ1) is 30.7. The first-order chi connectivity index (χ1) is 17.6. The van der Waals surface area contributed by atoms with Gasteiger partial charge in [0.1, 0.15) is 12.7 Å². The third-order valence-electron chi connectivity index (χ3n) is 6.49. The van der Waals surface area contributed by atoms with Gasteiger partial charge < -0.3 is 24.4 Å². The van der Waals surface area contributed by atoms with Crippen LogP contribution in [-0.4, -0.2) is 41.6 Å². The molecule has 0 unspecified atom stereocenters. The topological polar surface area (TPSA) is 85.2 Å². The van der Waals surface area contributed by atoms with E-state index in [0.29, 0.717) is 6.61 Å². The standard InChI is InChI=1S/C29H45BrO6/c1-2-3-4-5-6-7-8-9-10-11-12-13-14-15-20-34-28-27(26(25(32)21-31)36-29(28)33)35-22-23-16-18-24(30)19-17-23/h16-19,25-26,31-32H,2-15,20-22H2,1H3/t25-,26+/m0/s1. The van der Waals surface area contributed by atoms with E-state index < -0.39 is 24.8 Å². The van der Waals surface area contributed by atoms with E-state index >= 15 is 0 Å². The minimum atomic E-state index is -1.27. The summed E-state index contributed by atoms with van der Waals surface area (Å²) < 4.78 is 17.8. The van der Waals surface area contributed by atoms with Crippen LogP contribution in [0.1, 0.15) is 102 Å². The third kappa shape index (κ3) is 11.7. The van der Waals surface area contributed by atoms with E-state index in [1.165, 1.54) is 70.6 Å². The zero-order valence-electron chi connectivity index (χ0n) is 21.9. The second-order valence-electron chi connectivity index (χ2n) is 9.63. The molecule has 0 aromatic heterocycles. The lowest BCUT2D eigenvalue weighted by Gasteiger charge is -2.18. The van der Waals surface area contributed by atoms with Crippen LogP contribution in [0.3, 0.4) is 0 Å². The van der Waals surface area contributed by atoms with Crippen molar-refractivity contribution in [1.82, 2.24) is 0 Å². The molecule has 0 saturated heterocycles. The van der Waals surface area contributed by atoms with Gasteiger partial charge in [0.15, 0.2) is 11.9 Å². The number of rotatable bonds is 21. The van der Waals surface area contributed by atoms with E-state index in [0.717, 1.165) is 29.3 Å². The van der Waals surface area contributed by atoms with Gasteiger partial charge >= 0.3 is 5.97 Å². The molecule has 0 bridgehead atoms. The van der Waals surface area contributed by atoms with Crippen molar-refractivity contribution in [2.75, 3.05) is 13.2 Å². The molecule has 7 heteroatoms. The van der Waals surface area contributed by atoms with Crippen LogP contribution in [0.15, 0.2) is 40.3 Å². The first-order valence-corrected chi connectivity index (χ1v) is 14.6. The van der Waals surface area contributed by atoms with Crippen LogP contribution < -0.4 is 0 Å². The first-order valence-electron chi connectivity index (χ1n) is 13.8. The number of cyclic esters (lactones) is 1. The molecule has 1 aliphatic rings. The maximum absolute atomic E-state index is 12.4. The quantitative estimate of drug-likeness (QED) is 0.123. The number of carbonyl (C=O) groups excluding carboxylic acids is 1. The summed E-state index contributed by atoms with van der Waals surface area (Å²) in [4.78, 5) is 12.4. The molecule has 0 aliphatic carbocycles. The molecule has 0 radical (unpaired) electrons. The van der Waals surface area contributed by atoms with Crippen molar-refractivity contribution in [2.24, 2.45) is 0 Å². The fourth-order valence-corrected chi connectivity index (χ4v) is 4.56. The van der Waals surface area contributed by atoms with E-state index in [1.54, 1.807) is 0 Å². The van der Waals surface area contributed by atoms with Crippen LogP contribution in [0.5, 0.6) is 0 Å². The molecule has 204 valence electrons. The Labute approximate surface area is 225 Å². The molecule has 1 aromatic carbocycles. The van der Waals surface area contributed by atoms with Gasteiger partial charge in [-0.25, -0.2) is 4.79 Å². The van der Waals surface area contributed by atoms with Crippen molar-refractivity contribution in [3.8, 4) is 0 Å². The molecule has 2 rings (SSSR count). The Balaban J connectivity index is 1.65. The van der Waals surface area contributed by atoms with E-state index in [9.17, 15) is 15.0 Å². The summed E-state index contributed by atoms with van der Waals surface area (Å²) in [6, 6.07) is 7.59. The maximum Gasteiger partial charge on any atom is 0.378 e. The molecule has 2 atom stereocenters. The van der Waals surface area contributed by atoms with Crippen LogP contribution in [0.2, 0.25) is 0 Å². The van der Waals surface area contributed by atoms with Crippen LogP contribution in [0, 0.1) is 0 Å². The lowest BCUT2D eigenvalue weighted by molar-refractivity contribution is -0.148. The highest BCUT2D eigenvalue weighted by molar-refractivity contribution is 9.10. The number of esters is 1. The molecule has 0 fully saturated rings. The van der Waals surface area contributed by atoms with Gasteiger partial charge in [0, 0.05) is 4.47 Å². The van der Waals surface area contributed by atoms with Crippen molar-refractivity contribution in [3.05, 3.63) is 45.8 Å². The molecule has 1 aliphatic heterocycles. The van der Waals surface area contributed by atoms with Gasteiger partial charge in [0.05, 0.1) is 13.2 Å². The van der Waals surface area contributed by atoms with E-state index in [2.05, 4.69) is 22.9 Å². The van der Waals surface area contributed by atoms with Crippen molar-refractivity contribution in [2.45, 2.75) is 116 Å². The molecular formula is C29H45BrO6. The van der Waals surface area contributed by atoms with Gasteiger partial charge in [-0.15, -0.1) is 0 Å². The summed E-state index contributed by atoms with van der Waals surface area (Å²) in [6.07, 6.45) is 15.5. The second-order valence-corrected chi connectivity index (χ2v) is 10.5. The van der Waals surface area contributed by atoms with E-state index in [-0.39, 0.29) is 18.1 Å². The fraction of sp³-hybridized carbons (Fsp3) is 0.690. The van der Waals surface area contributed by atoms with Gasteiger partial charge in [-0.05, 0) is 24.1 Å². The maximum atomic E-state index is 12.4. The van der Waals surface area contributed by atoms with Crippen molar-refractivity contribution >= 4 is 21.9 Å². The van der Waals surface area contributed by atoms with Gasteiger partial charge in [0.25, 0.3) is 0 Å². The van der Waals surface area contributed by atoms with Gasteiger partial charge in [-0.1, -0.05) is 118 Å². The number of unbranched alkanes of at least 4 members (excludes halogenated alkanes) is 13. The minimum Gasteiger partial charge on any atom is -0.485 e. The number of halogens is 1. The largest absolute Gasteiger partial charge is 0.485 e. The fourth-order valence-electron chi connectivity index (χ4n) is 4.29. The third-order valence-corrected chi connectivity index (χ3v) is 7.02. The number of hydrogen-bond acceptors (Lipinski definition) is 6. The van der Waals surface area contributed by atoms with Crippen LogP contribution in [0.25, 0.3) is 0 Å². The predicted molar refractivity (Wildman–Crippen MR) is 145 cm³/mol. The van der Waals surface area contributed by atoms with Crippen molar-refractivity contribution in [3.63, 3.8) is 0 Å². The van der Waals surface area contributed by atoms with Crippen molar-refractivity contribution < 1.29 is 29.2 Å². The van der Waals surface area contributed by atoms with Gasteiger partial charge in [-0.2, -0.15) is 0 Å². The van der Waals surface area contributed by atoms with Crippen LogP contribution >= 0.6 is 15.9 Å². The molecule has 36 heavy (non-hydrogen) atoms. The Morgan fingerprint density at radius 3 is 1.92 bits per heavy atom. The minimum absolute atomic E-state index is 0.000643. The summed E-state index contributed by atoms with van der Waals surface area (Å²) in [7, 11) is 0. The Bertz CT molecular complexity index is 764. The lowest BCUT2D eigenvalue weighted by atomic mass is 10.0. The molecule has 6 nitrogen and oxygen atoms in total. The molecule has 1 heterocycles. The highest BCUT2D eigenvalue weighted by atomic mass is 79.9. The highest BCUT2D eigenvalue weighted by Gasteiger charge is 2.41. The van der Waals surface area contributed by atoms with E-state index in [1.807, 2.05) is 24.3 Å². The second kappa shape index (κ2) is 18.6. The molecule has 0 amide bonds. The Morgan fingerprint density at radius 2 is 1.39 bits per heavy atom. The summed E-state index contributed by atoms with van der Waals surface area (Å²) in [6.45, 7) is 2.29. The number of carbonyl (C=O) groups is 1. The van der Waals surface area contributed by atoms with Crippen LogP contribution in [0.4, 0.5) is 0 Å². The molecule has 1 aromatic rings. The molecule has 0 saturated carbocycles. The summed E-state index contributed by atoms with van der Waals surface area (Å²) in [5, 5.41) is 19.5. The average molecular weight is 570 g/mol.